The second-order valence-corrected chi connectivity index (χ2v) is 11.3. The first-order chi connectivity index (χ1) is 14.0. The summed E-state index contributed by atoms with van der Waals surface area (Å²) >= 11 is 1.90. The van der Waals surface area contributed by atoms with Crippen LogP contribution in [0.25, 0.3) is 15.7 Å². The van der Waals surface area contributed by atoms with Gasteiger partial charge in [-0.25, -0.2) is 0 Å². The molecule has 150 valence electrons. The van der Waals surface area contributed by atoms with E-state index in [9.17, 15) is 4.79 Å². The molecule has 0 saturated heterocycles. The van der Waals surface area contributed by atoms with E-state index < -0.39 is 0 Å². The Bertz CT molecular complexity index is 1070. The Hall–Kier alpha value is -1.67. The molecule has 5 atom stereocenters. The van der Waals surface area contributed by atoms with Crippen LogP contribution in [-0.4, -0.2) is 5.78 Å². The molecule has 0 aliphatic heterocycles. The Morgan fingerprint density at radius 3 is 2.76 bits per heavy atom. The SMILES string of the molecule is C[C@]12CCC(=O)C=C1CC[C@@H]1[C@@H]2CC[C@]2(C)C(c3csc4ccccc34)=CC[C@@H]12. The van der Waals surface area contributed by atoms with Gasteiger partial charge in [0.05, 0.1) is 0 Å². The van der Waals surface area contributed by atoms with E-state index >= 15 is 0 Å². The van der Waals surface area contributed by atoms with E-state index in [-0.39, 0.29) is 5.41 Å². The maximum absolute atomic E-state index is 12.1. The molecular formula is C27H30OS. The predicted molar refractivity (Wildman–Crippen MR) is 122 cm³/mol. The number of rotatable bonds is 1. The maximum atomic E-state index is 12.1. The largest absolute Gasteiger partial charge is 0.295 e. The summed E-state index contributed by atoms with van der Waals surface area (Å²) in [6.45, 7) is 5.05. The molecule has 0 spiro atoms. The number of thiophene rings is 1. The number of carbonyl (C=O) groups is 1. The van der Waals surface area contributed by atoms with Crippen LogP contribution in [0.2, 0.25) is 0 Å². The number of carbonyl (C=O) groups excluding carboxylic acids is 1. The normalized spacial score (nSPS) is 38.8. The van der Waals surface area contributed by atoms with Crippen molar-refractivity contribution in [1.29, 1.82) is 0 Å². The average molecular weight is 403 g/mol. The summed E-state index contributed by atoms with van der Waals surface area (Å²) < 4.78 is 1.41. The van der Waals surface area contributed by atoms with Crippen LogP contribution in [0.1, 0.15) is 64.4 Å². The second kappa shape index (κ2) is 6.17. The van der Waals surface area contributed by atoms with E-state index in [1.807, 2.05) is 17.4 Å². The first kappa shape index (κ1) is 18.1. The highest BCUT2D eigenvalue weighted by Gasteiger charge is 2.57. The highest BCUT2D eigenvalue weighted by atomic mass is 32.1. The smallest absolute Gasteiger partial charge is 0.155 e. The zero-order valence-electron chi connectivity index (χ0n) is 17.5. The number of hydrogen-bond acceptors (Lipinski definition) is 2. The van der Waals surface area contributed by atoms with E-state index in [0.717, 1.165) is 37.0 Å². The lowest BCUT2D eigenvalue weighted by atomic mass is 9.46. The first-order valence-corrected chi connectivity index (χ1v) is 12.3. The van der Waals surface area contributed by atoms with Crippen LogP contribution in [-0.2, 0) is 4.79 Å². The van der Waals surface area contributed by atoms with Crippen molar-refractivity contribution in [2.45, 2.75) is 58.8 Å². The zero-order valence-corrected chi connectivity index (χ0v) is 18.4. The summed E-state index contributed by atoms with van der Waals surface area (Å²) in [5.74, 6) is 2.71. The van der Waals surface area contributed by atoms with Gasteiger partial charge in [-0.2, -0.15) is 0 Å². The van der Waals surface area contributed by atoms with Crippen LogP contribution in [0.3, 0.4) is 0 Å². The Morgan fingerprint density at radius 2 is 1.86 bits per heavy atom. The minimum absolute atomic E-state index is 0.274. The van der Waals surface area contributed by atoms with E-state index in [1.54, 1.807) is 5.57 Å². The molecule has 1 aromatic heterocycles. The molecule has 0 bridgehead atoms. The number of allylic oxidation sites excluding steroid dienone is 4. The highest BCUT2D eigenvalue weighted by molar-refractivity contribution is 7.17. The molecule has 0 N–H and O–H groups in total. The van der Waals surface area contributed by atoms with Gasteiger partial charge in [0, 0.05) is 11.1 Å². The summed E-state index contributed by atoms with van der Waals surface area (Å²) in [6.07, 6.45) is 12.8. The molecule has 2 heteroatoms. The average Bonchev–Trinajstić information content (AvgIpc) is 3.29. The standard InChI is InChI=1S/C27H30OS/c1-26-13-11-18(28)15-17(26)7-8-20-22-9-10-23(27(22,2)14-12-24(20)26)21-16-29-25-6-4-3-5-19(21)25/h3-6,10,15-16,20,22,24H,7-9,11-14H2,1-2H3/t20-,22-,24-,26-,27-/m0/s1. The van der Waals surface area contributed by atoms with Crippen molar-refractivity contribution < 1.29 is 4.79 Å². The third-order valence-electron chi connectivity index (χ3n) is 9.31. The van der Waals surface area contributed by atoms with Gasteiger partial charge in [0.15, 0.2) is 5.78 Å². The van der Waals surface area contributed by atoms with Gasteiger partial charge in [0.1, 0.15) is 0 Å². The van der Waals surface area contributed by atoms with Gasteiger partial charge < -0.3 is 0 Å². The molecule has 0 unspecified atom stereocenters. The Kier molecular flexibility index (Phi) is 3.86. The molecule has 0 amide bonds. The summed E-state index contributed by atoms with van der Waals surface area (Å²) in [7, 11) is 0. The Balaban J connectivity index is 1.37. The monoisotopic (exact) mass is 402 g/mol. The van der Waals surface area contributed by atoms with Gasteiger partial charge >= 0.3 is 0 Å². The van der Waals surface area contributed by atoms with Gasteiger partial charge in [-0.1, -0.05) is 43.7 Å². The summed E-state index contributed by atoms with van der Waals surface area (Å²) in [5.41, 5.74) is 5.19. The third kappa shape index (κ3) is 2.42. The molecule has 1 aromatic carbocycles. The molecule has 1 nitrogen and oxygen atoms in total. The van der Waals surface area contributed by atoms with Crippen molar-refractivity contribution in [2.24, 2.45) is 28.6 Å². The predicted octanol–water partition coefficient (Wildman–Crippen LogP) is 7.43. The lowest BCUT2D eigenvalue weighted by Gasteiger charge is -2.57. The van der Waals surface area contributed by atoms with Crippen LogP contribution in [0, 0.1) is 28.6 Å². The Labute approximate surface area is 177 Å². The van der Waals surface area contributed by atoms with Crippen molar-refractivity contribution in [3.05, 3.63) is 52.9 Å². The quantitative estimate of drug-likeness (QED) is 0.485. The molecule has 4 aliphatic rings. The van der Waals surface area contributed by atoms with Crippen LogP contribution in [0.5, 0.6) is 0 Å². The number of benzene rings is 1. The van der Waals surface area contributed by atoms with E-state index in [1.165, 1.54) is 46.9 Å². The summed E-state index contributed by atoms with van der Waals surface area (Å²) in [6, 6.07) is 8.91. The minimum Gasteiger partial charge on any atom is -0.295 e. The van der Waals surface area contributed by atoms with Crippen molar-refractivity contribution in [2.75, 3.05) is 0 Å². The fourth-order valence-corrected chi connectivity index (χ4v) is 8.69. The fourth-order valence-electron chi connectivity index (χ4n) is 7.73. The molecule has 2 saturated carbocycles. The van der Waals surface area contributed by atoms with Gasteiger partial charge in [-0.3, -0.25) is 4.79 Å². The van der Waals surface area contributed by atoms with Gasteiger partial charge in [-0.05, 0) is 101 Å². The number of ketones is 1. The van der Waals surface area contributed by atoms with Crippen molar-refractivity contribution in [3.63, 3.8) is 0 Å². The van der Waals surface area contributed by atoms with Crippen molar-refractivity contribution >= 4 is 32.8 Å². The van der Waals surface area contributed by atoms with E-state index in [0.29, 0.717) is 11.2 Å². The Morgan fingerprint density at radius 1 is 1.00 bits per heavy atom. The molecule has 4 aliphatic carbocycles. The number of hydrogen-bond donors (Lipinski definition) is 0. The molecule has 1 heterocycles. The second-order valence-electron chi connectivity index (χ2n) is 10.4. The lowest BCUT2D eigenvalue weighted by molar-refractivity contribution is -0.117. The molecule has 0 radical (unpaired) electrons. The van der Waals surface area contributed by atoms with Crippen LogP contribution >= 0.6 is 11.3 Å². The molecule has 2 aromatic rings. The van der Waals surface area contributed by atoms with Crippen LogP contribution in [0.4, 0.5) is 0 Å². The maximum Gasteiger partial charge on any atom is 0.155 e. The van der Waals surface area contributed by atoms with Crippen LogP contribution in [0.15, 0.2) is 47.4 Å². The van der Waals surface area contributed by atoms with Crippen molar-refractivity contribution in [3.8, 4) is 0 Å². The molecule has 6 rings (SSSR count). The lowest BCUT2D eigenvalue weighted by Crippen LogP contribution is -2.49. The fraction of sp³-hybridized carbons (Fsp3) is 0.519. The van der Waals surface area contributed by atoms with Gasteiger partial charge in [0.25, 0.3) is 0 Å². The van der Waals surface area contributed by atoms with Gasteiger partial charge in [0.2, 0.25) is 0 Å². The van der Waals surface area contributed by atoms with E-state index in [4.69, 9.17) is 0 Å². The third-order valence-corrected chi connectivity index (χ3v) is 10.3. The van der Waals surface area contributed by atoms with Crippen LogP contribution < -0.4 is 0 Å². The molecule has 29 heavy (non-hydrogen) atoms. The summed E-state index contributed by atoms with van der Waals surface area (Å²) in [5, 5.41) is 3.85. The van der Waals surface area contributed by atoms with E-state index in [2.05, 4.69) is 49.6 Å². The first-order valence-electron chi connectivity index (χ1n) is 11.4. The zero-order chi connectivity index (χ0) is 19.8. The van der Waals surface area contributed by atoms with Crippen molar-refractivity contribution in [1.82, 2.24) is 0 Å². The highest BCUT2D eigenvalue weighted by Crippen LogP contribution is 2.67. The van der Waals surface area contributed by atoms with Gasteiger partial charge in [-0.15, -0.1) is 11.3 Å². The number of fused-ring (bicyclic) bond motifs is 6. The summed E-state index contributed by atoms with van der Waals surface area (Å²) in [4.78, 5) is 12.1. The minimum atomic E-state index is 0.274. The molecule has 2 fully saturated rings. The molecular weight excluding hydrogens is 372 g/mol. The topological polar surface area (TPSA) is 17.1 Å².